The maximum atomic E-state index is 13.7. The summed E-state index contributed by atoms with van der Waals surface area (Å²) in [6, 6.07) is 11.9. The highest BCUT2D eigenvalue weighted by molar-refractivity contribution is 5.90. The van der Waals surface area contributed by atoms with Crippen LogP contribution in [0.2, 0.25) is 0 Å². The van der Waals surface area contributed by atoms with Gasteiger partial charge in [-0.25, -0.2) is 19.0 Å². The van der Waals surface area contributed by atoms with E-state index in [0.717, 1.165) is 5.56 Å². The van der Waals surface area contributed by atoms with Crippen LogP contribution in [-0.4, -0.2) is 30.6 Å². The van der Waals surface area contributed by atoms with E-state index in [9.17, 15) is 9.18 Å². The number of aromatic amines is 1. The predicted octanol–water partition coefficient (Wildman–Crippen LogP) is 2.60. The van der Waals surface area contributed by atoms with Crippen LogP contribution in [0.15, 0.2) is 55.1 Å². The van der Waals surface area contributed by atoms with Crippen molar-refractivity contribution in [2.75, 3.05) is 5.32 Å². The number of H-pyrrole nitrogens is 1. The Kier molecular flexibility index (Phi) is 3.70. The molecule has 2 N–H and O–H groups in total. The number of nitrogens with zero attached hydrogens (tertiary/aromatic N) is 4. The van der Waals surface area contributed by atoms with Gasteiger partial charge in [0, 0.05) is 11.3 Å². The van der Waals surface area contributed by atoms with Crippen molar-refractivity contribution < 1.29 is 9.18 Å². The average Bonchev–Trinajstić information content (AvgIpc) is 3.25. The number of amides is 1. The second-order valence-electron chi connectivity index (χ2n) is 5.44. The first-order valence-corrected chi connectivity index (χ1v) is 7.56. The van der Waals surface area contributed by atoms with Gasteiger partial charge in [0.15, 0.2) is 5.82 Å². The van der Waals surface area contributed by atoms with Gasteiger partial charge in [-0.15, -0.1) is 0 Å². The molecule has 0 aliphatic rings. The summed E-state index contributed by atoms with van der Waals surface area (Å²) in [4.78, 5) is 23.1. The highest BCUT2D eigenvalue weighted by Gasteiger charge is 2.09. The number of aromatic nitrogens is 5. The first-order valence-electron chi connectivity index (χ1n) is 7.56. The minimum Gasteiger partial charge on any atom is -0.338 e. The van der Waals surface area contributed by atoms with Crippen molar-refractivity contribution in [2.24, 2.45) is 0 Å². The maximum Gasteiger partial charge on any atom is 0.246 e. The molecule has 0 aliphatic carbocycles. The highest BCUT2D eigenvalue weighted by Crippen LogP contribution is 2.23. The number of hydrogen-bond donors (Lipinski definition) is 2. The lowest BCUT2D eigenvalue weighted by molar-refractivity contribution is -0.116. The maximum absolute atomic E-state index is 13.7. The van der Waals surface area contributed by atoms with E-state index in [1.54, 1.807) is 36.4 Å². The summed E-state index contributed by atoms with van der Waals surface area (Å²) in [6.07, 6.45) is 2.85. The molecular weight excluding hydrogens is 323 g/mol. The monoisotopic (exact) mass is 336 g/mol. The zero-order valence-corrected chi connectivity index (χ0v) is 13.0. The first-order chi connectivity index (χ1) is 12.2. The number of benzene rings is 2. The molecule has 0 atom stereocenters. The van der Waals surface area contributed by atoms with E-state index < -0.39 is 0 Å². The zero-order chi connectivity index (χ0) is 17.2. The Balaban J connectivity index is 1.51. The molecule has 0 unspecified atom stereocenters. The van der Waals surface area contributed by atoms with Gasteiger partial charge in [-0.3, -0.25) is 4.79 Å². The largest absolute Gasteiger partial charge is 0.338 e. The fourth-order valence-corrected chi connectivity index (χ4v) is 2.51. The molecule has 0 aliphatic heterocycles. The van der Waals surface area contributed by atoms with Gasteiger partial charge in [-0.2, -0.15) is 5.10 Å². The van der Waals surface area contributed by atoms with E-state index in [4.69, 9.17) is 0 Å². The number of anilines is 1. The second-order valence-corrected chi connectivity index (χ2v) is 5.44. The lowest BCUT2D eigenvalue weighted by Crippen LogP contribution is -2.18. The lowest BCUT2D eigenvalue weighted by Gasteiger charge is -2.05. The molecule has 124 valence electrons. The molecule has 0 fully saturated rings. The standard InChI is InChI=1S/C17H13FN6O/c18-13-2-1-3-14-16(13)23-17(22-14)11-4-6-12(7-5-11)21-15(25)8-24-10-19-9-20-24/h1-7,9-10H,8H2,(H,21,25)(H,22,23). The predicted molar refractivity (Wildman–Crippen MR) is 90.1 cm³/mol. The van der Waals surface area contributed by atoms with Gasteiger partial charge in [-0.1, -0.05) is 6.07 Å². The molecule has 0 radical (unpaired) electrons. The highest BCUT2D eigenvalue weighted by atomic mass is 19.1. The number of carbonyl (C=O) groups is 1. The zero-order valence-electron chi connectivity index (χ0n) is 13.0. The Labute approximate surface area is 141 Å². The fraction of sp³-hybridized carbons (Fsp3) is 0.0588. The average molecular weight is 336 g/mol. The number of imidazole rings is 1. The van der Waals surface area contributed by atoms with E-state index >= 15 is 0 Å². The Morgan fingerprint density at radius 2 is 2.04 bits per heavy atom. The normalized spacial score (nSPS) is 10.9. The van der Waals surface area contributed by atoms with E-state index in [2.05, 4.69) is 25.4 Å². The third-order valence-corrected chi connectivity index (χ3v) is 3.68. The Bertz CT molecular complexity index is 1020. The molecular formula is C17H13FN6O. The molecule has 4 aromatic rings. The van der Waals surface area contributed by atoms with Gasteiger partial charge in [0.1, 0.15) is 30.5 Å². The molecule has 8 heteroatoms. The summed E-state index contributed by atoms with van der Waals surface area (Å²) < 4.78 is 15.2. The third-order valence-electron chi connectivity index (χ3n) is 3.68. The summed E-state index contributed by atoms with van der Waals surface area (Å²) in [5, 5.41) is 6.66. The van der Waals surface area contributed by atoms with Crippen LogP contribution in [0.25, 0.3) is 22.4 Å². The number of nitrogens with one attached hydrogen (secondary N) is 2. The fourth-order valence-electron chi connectivity index (χ4n) is 2.51. The van der Waals surface area contributed by atoms with Crippen molar-refractivity contribution >= 4 is 22.6 Å². The molecule has 25 heavy (non-hydrogen) atoms. The van der Waals surface area contributed by atoms with Gasteiger partial charge < -0.3 is 10.3 Å². The molecule has 0 saturated carbocycles. The lowest BCUT2D eigenvalue weighted by atomic mass is 10.2. The summed E-state index contributed by atoms with van der Waals surface area (Å²) >= 11 is 0. The molecule has 7 nitrogen and oxygen atoms in total. The Morgan fingerprint density at radius 1 is 1.20 bits per heavy atom. The van der Waals surface area contributed by atoms with Crippen LogP contribution in [0.1, 0.15) is 0 Å². The molecule has 0 bridgehead atoms. The van der Waals surface area contributed by atoms with E-state index in [-0.39, 0.29) is 18.3 Å². The molecule has 1 amide bonds. The Hall–Kier alpha value is -3.55. The molecule has 2 aromatic heterocycles. The molecule has 0 saturated heterocycles. The molecule has 2 heterocycles. The summed E-state index contributed by atoms with van der Waals surface area (Å²) in [5.74, 6) is 0.00152. The number of hydrogen-bond acceptors (Lipinski definition) is 4. The van der Waals surface area contributed by atoms with E-state index in [0.29, 0.717) is 22.5 Å². The van der Waals surface area contributed by atoms with Crippen LogP contribution in [0.3, 0.4) is 0 Å². The van der Waals surface area contributed by atoms with Gasteiger partial charge in [0.2, 0.25) is 5.91 Å². The van der Waals surface area contributed by atoms with Crippen molar-refractivity contribution in [1.29, 1.82) is 0 Å². The van der Waals surface area contributed by atoms with E-state index in [1.165, 1.54) is 23.4 Å². The smallest absolute Gasteiger partial charge is 0.246 e. The van der Waals surface area contributed by atoms with Crippen LogP contribution in [-0.2, 0) is 11.3 Å². The molecule has 4 rings (SSSR count). The van der Waals surface area contributed by atoms with Crippen molar-refractivity contribution in [3.05, 3.63) is 60.9 Å². The molecule has 2 aromatic carbocycles. The minimum absolute atomic E-state index is 0.0879. The van der Waals surface area contributed by atoms with Crippen molar-refractivity contribution in [1.82, 2.24) is 24.7 Å². The quantitative estimate of drug-likeness (QED) is 0.599. The summed E-state index contributed by atoms with van der Waals surface area (Å²) in [6.45, 7) is 0.0879. The third kappa shape index (κ3) is 3.09. The number of halogens is 1. The van der Waals surface area contributed by atoms with Crippen molar-refractivity contribution in [3.63, 3.8) is 0 Å². The van der Waals surface area contributed by atoms with Gasteiger partial charge in [0.05, 0.1) is 5.52 Å². The van der Waals surface area contributed by atoms with Gasteiger partial charge in [0.25, 0.3) is 0 Å². The van der Waals surface area contributed by atoms with Crippen LogP contribution in [0.4, 0.5) is 10.1 Å². The van der Waals surface area contributed by atoms with Crippen molar-refractivity contribution in [2.45, 2.75) is 6.54 Å². The van der Waals surface area contributed by atoms with Crippen molar-refractivity contribution in [3.8, 4) is 11.4 Å². The van der Waals surface area contributed by atoms with Crippen LogP contribution < -0.4 is 5.32 Å². The summed E-state index contributed by atoms with van der Waals surface area (Å²) in [7, 11) is 0. The summed E-state index contributed by atoms with van der Waals surface area (Å²) in [5.41, 5.74) is 2.39. The van der Waals surface area contributed by atoms with Crippen LogP contribution in [0, 0.1) is 5.82 Å². The number of fused-ring (bicyclic) bond motifs is 1. The number of rotatable bonds is 4. The number of para-hydroxylation sites is 1. The van der Waals surface area contributed by atoms with E-state index in [1.807, 2.05) is 0 Å². The number of carbonyl (C=O) groups excluding carboxylic acids is 1. The SMILES string of the molecule is O=C(Cn1cncn1)Nc1ccc(-c2nc3c(F)cccc3[nH]2)cc1. The van der Waals surface area contributed by atoms with Gasteiger partial charge >= 0.3 is 0 Å². The molecule has 0 spiro atoms. The Morgan fingerprint density at radius 3 is 2.76 bits per heavy atom. The minimum atomic E-state index is -0.364. The topological polar surface area (TPSA) is 88.5 Å². The first kappa shape index (κ1) is 15.0. The van der Waals surface area contributed by atoms with Gasteiger partial charge in [-0.05, 0) is 36.4 Å². The van der Waals surface area contributed by atoms with Crippen LogP contribution >= 0.6 is 0 Å². The second kappa shape index (κ2) is 6.16. The van der Waals surface area contributed by atoms with Crippen LogP contribution in [0.5, 0.6) is 0 Å².